The van der Waals surface area contributed by atoms with Crippen molar-refractivity contribution in [2.24, 2.45) is 0 Å². The summed E-state index contributed by atoms with van der Waals surface area (Å²) in [5.41, 5.74) is -0.115. The highest BCUT2D eigenvalue weighted by molar-refractivity contribution is 7.50. The first-order valence-electron chi connectivity index (χ1n) is 11.9. The molecule has 178 valence electrons. The molecule has 1 unspecified atom stereocenters. The van der Waals surface area contributed by atoms with Crippen LogP contribution in [0.2, 0.25) is 0 Å². The van der Waals surface area contributed by atoms with Gasteiger partial charge in [0.25, 0.3) is 0 Å². The molecule has 0 fully saturated rings. The maximum absolute atomic E-state index is 13.4. The van der Waals surface area contributed by atoms with Crippen LogP contribution in [-0.2, 0) is 15.1 Å². The second-order valence-corrected chi connectivity index (χ2v) is 10.8. The largest absolute Gasteiger partial charge is 0.482 e. The Kier molecular flexibility index (Phi) is 5.78. The van der Waals surface area contributed by atoms with E-state index in [2.05, 4.69) is 60.7 Å². The molecular weight excluding hydrogens is 471 g/mol. The summed E-state index contributed by atoms with van der Waals surface area (Å²) in [7, 11) is -0.175. The van der Waals surface area contributed by atoms with Crippen molar-refractivity contribution in [2.45, 2.75) is 18.4 Å². The minimum absolute atomic E-state index is 0.175. The first kappa shape index (κ1) is 22.5. The molecule has 1 aromatic heterocycles. The van der Waals surface area contributed by atoms with Crippen LogP contribution in [0.4, 0.5) is 4.39 Å². The van der Waals surface area contributed by atoms with E-state index in [0.717, 1.165) is 12.0 Å². The summed E-state index contributed by atoms with van der Waals surface area (Å²) < 4.78 is 27.7. The number of carbonyl (C=O) groups is 1. The highest BCUT2D eigenvalue weighted by Crippen LogP contribution is 2.48. The minimum Gasteiger partial charge on any atom is -0.482 e. The molecule has 6 rings (SSSR count). The zero-order valence-electron chi connectivity index (χ0n) is 19.5. The van der Waals surface area contributed by atoms with Crippen molar-refractivity contribution < 1.29 is 18.7 Å². The van der Waals surface area contributed by atoms with Gasteiger partial charge in [-0.1, -0.05) is 42.5 Å². The maximum Gasteiger partial charge on any atom is 0.345 e. The molecule has 0 spiro atoms. The van der Waals surface area contributed by atoms with E-state index in [0.29, 0.717) is 12.2 Å². The van der Waals surface area contributed by atoms with Gasteiger partial charge >= 0.3 is 5.97 Å². The van der Waals surface area contributed by atoms with E-state index in [9.17, 15) is 9.18 Å². The third-order valence-electron chi connectivity index (χ3n) is 6.62. The number of fused-ring (bicyclic) bond motifs is 3. The van der Waals surface area contributed by atoms with E-state index in [-0.39, 0.29) is 22.9 Å². The van der Waals surface area contributed by atoms with Gasteiger partial charge in [0.1, 0.15) is 11.6 Å². The molecule has 1 aliphatic rings. The average Bonchev–Trinajstić information content (AvgIpc) is 3.52. The second-order valence-electron chi connectivity index (χ2n) is 8.87. The summed E-state index contributed by atoms with van der Waals surface area (Å²) in [4.78, 5) is 13.9. The fraction of sp³-hybridized carbons (Fsp3) is 0.129. The molecule has 36 heavy (non-hydrogen) atoms. The molecular formula is C31H24FO3S+. The molecule has 0 N–H and O–H groups in total. The standard InChI is InChI=1S/C31H24FO3S/c32-23-13-11-22(12-14-23)31(19-5-6-20-31)35-30(33)21-34-24-15-17-25(18-16-24)36-28-9-3-1-7-26(28)27-8-2-4-10-29(27)36/h1-5,7-19H,6,20-21H2/q+1. The monoisotopic (exact) mass is 495 g/mol. The minimum atomic E-state index is -0.873. The quantitative estimate of drug-likeness (QED) is 0.136. The van der Waals surface area contributed by atoms with Crippen molar-refractivity contribution in [3.8, 4) is 10.6 Å². The maximum atomic E-state index is 13.4. The molecule has 4 aromatic carbocycles. The Bertz CT molecular complexity index is 1530. The second kappa shape index (κ2) is 9.25. The number of allylic oxidation sites excluding steroid dienone is 1. The van der Waals surface area contributed by atoms with Gasteiger partial charge in [-0.15, -0.1) is 0 Å². The van der Waals surface area contributed by atoms with Crippen LogP contribution in [0.3, 0.4) is 0 Å². The third kappa shape index (κ3) is 4.06. The lowest BCUT2D eigenvalue weighted by Gasteiger charge is -2.28. The lowest BCUT2D eigenvalue weighted by molar-refractivity contribution is -0.158. The number of rotatable bonds is 6. The molecule has 5 aromatic rings. The number of benzene rings is 4. The zero-order chi connectivity index (χ0) is 24.5. The lowest BCUT2D eigenvalue weighted by Crippen LogP contribution is -2.31. The van der Waals surface area contributed by atoms with Crippen LogP contribution in [-0.4, -0.2) is 12.6 Å². The van der Waals surface area contributed by atoms with E-state index >= 15 is 0 Å². The van der Waals surface area contributed by atoms with Gasteiger partial charge in [0.2, 0.25) is 0 Å². The smallest absolute Gasteiger partial charge is 0.345 e. The van der Waals surface area contributed by atoms with Gasteiger partial charge in [-0.25, -0.2) is 9.18 Å². The molecule has 5 heteroatoms. The van der Waals surface area contributed by atoms with E-state index in [1.807, 2.05) is 24.3 Å². The van der Waals surface area contributed by atoms with Gasteiger partial charge in [0, 0.05) is 33.4 Å². The van der Waals surface area contributed by atoms with Gasteiger partial charge in [0.05, 0.1) is 0 Å². The number of ether oxygens (including phenoxy) is 2. The molecule has 1 heterocycles. The SMILES string of the molecule is O=C(COc1ccc(-[s+]2c3ccccc3c3ccccc32)cc1)OC1(c2ccc(F)cc2)C=CCC1. The van der Waals surface area contributed by atoms with Crippen molar-refractivity contribution >= 4 is 36.6 Å². The number of esters is 1. The van der Waals surface area contributed by atoms with Crippen LogP contribution in [0.25, 0.3) is 25.1 Å². The fourth-order valence-corrected chi connectivity index (χ4v) is 7.30. The summed E-state index contributed by atoms with van der Waals surface area (Å²) in [6, 6.07) is 31.2. The summed E-state index contributed by atoms with van der Waals surface area (Å²) in [5.74, 6) is -0.174. The van der Waals surface area contributed by atoms with Crippen LogP contribution in [0.1, 0.15) is 18.4 Å². The van der Waals surface area contributed by atoms with Crippen molar-refractivity contribution in [1.82, 2.24) is 0 Å². The van der Waals surface area contributed by atoms with E-state index < -0.39 is 11.6 Å². The number of carbonyl (C=O) groups excluding carboxylic acids is 1. The number of hydrogen-bond acceptors (Lipinski definition) is 3. The summed E-state index contributed by atoms with van der Waals surface area (Å²) in [6.07, 6.45) is 5.28. The van der Waals surface area contributed by atoms with Crippen LogP contribution in [0, 0.1) is 5.82 Å². The Morgan fingerprint density at radius 3 is 2.08 bits per heavy atom. The highest BCUT2D eigenvalue weighted by atomic mass is 32.2. The summed E-state index contributed by atoms with van der Waals surface area (Å²) in [6.45, 7) is -0.201. The van der Waals surface area contributed by atoms with Gasteiger partial charge < -0.3 is 9.47 Å². The number of thiophene rings is 1. The van der Waals surface area contributed by atoms with Crippen LogP contribution in [0.5, 0.6) is 5.75 Å². The molecule has 0 bridgehead atoms. The Labute approximate surface area is 211 Å². The van der Waals surface area contributed by atoms with E-state index in [1.165, 1.54) is 37.2 Å². The van der Waals surface area contributed by atoms with Crippen molar-refractivity contribution in [3.63, 3.8) is 0 Å². The first-order valence-corrected chi connectivity index (χ1v) is 13.2. The molecule has 0 aliphatic heterocycles. The topological polar surface area (TPSA) is 35.5 Å². The van der Waals surface area contributed by atoms with Crippen molar-refractivity contribution in [2.75, 3.05) is 6.61 Å². The Balaban J connectivity index is 1.19. The molecule has 1 atom stereocenters. The Morgan fingerprint density at radius 1 is 0.833 bits per heavy atom. The predicted octanol–water partition coefficient (Wildman–Crippen LogP) is 8.04. The highest BCUT2D eigenvalue weighted by Gasteiger charge is 2.36. The number of halogens is 1. The van der Waals surface area contributed by atoms with Gasteiger partial charge in [-0.05, 0) is 73.0 Å². The normalized spacial score (nSPS) is 17.0. The van der Waals surface area contributed by atoms with Crippen LogP contribution < -0.4 is 4.74 Å². The first-order chi connectivity index (χ1) is 17.6. The Hall–Kier alpha value is -3.96. The van der Waals surface area contributed by atoms with Gasteiger partial charge in [-0.2, -0.15) is 0 Å². The summed E-state index contributed by atoms with van der Waals surface area (Å²) in [5, 5.41) is 2.58. The van der Waals surface area contributed by atoms with Crippen LogP contribution >= 0.6 is 10.5 Å². The fourth-order valence-electron chi connectivity index (χ4n) is 4.92. The lowest BCUT2D eigenvalue weighted by atomic mass is 9.93. The van der Waals surface area contributed by atoms with Gasteiger partial charge in [-0.3, -0.25) is 0 Å². The Morgan fingerprint density at radius 2 is 1.47 bits per heavy atom. The van der Waals surface area contributed by atoms with Crippen molar-refractivity contribution in [1.29, 1.82) is 0 Å². The molecule has 0 saturated heterocycles. The molecule has 0 saturated carbocycles. The zero-order valence-corrected chi connectivity index (χ0v) is 20.3. The number of hydrogen-bond donors (Lipinski definition) is 0. The molecule has 0 amide bonds. The van der Waals surface area contributed by atoms with E-state index in [1.54, 1.807) is 12.1 Å². The predicted molar refractivity (Wildman–Crippen MR) is 143 cm³/mol. The van der Waals surface area contributed by atoms with E-state index in [4.69, 9.17) is 9.47 Å². The van der Waals surface area contributed by atoms with Crippen molar-refractivity contribution in [3.05, 3.63) is 121 Å². The van der Waals surface area contributed by atoms with Gasteiger partial charge in [0.15, 0.2) is 26.5 Å². The molecule has 1 aliphatic carbocycles. The molecule has 3 nitrogen and oxygen atoms in total. The summed E-state index contributed by atoms with van der Waals surface area (Å²) >= 11 is 0. The third-order valence-corrected chi connectivity index (χ3v) is 8.95. The molecule has 0 radical (unpaired) electrons. The average molecular weight is 496 g/mol. The van der Waals surface area contributed by atoms with Crippen LogP contribution in [0.15, 0.2) is 109 Å².